The summed E-state index contributed by atoms with van der Waals surface area (Å²) in [6, 6.07) is 9.26. The van der Waals surface area contributed by atoms with Crippen molar-refractivity contribution in [1.29, 1.82) is 0 Å². The largest absolute Gasteiger partial charge is 0.508 e. The van der Waals surface area contributed by atoms with E-state index in [-0.39, 0.29) is 35.4 Å². The van der Waals surface area contributed by atoms with E-state index in [1.54, 1.807) is 12.1 Å². The molecule has 0 saturated heterocycles. The molecule has 2 unspecified atom stereocenters. The Bertz CT molecular complexity index is 1170. The highest BCUT2D eigenvalue weighted by Gasteiger charge is 2.61. The van der Waals surface area contributed by atoms with Crippen LogP contribution < -0.4 is 0 Å². The Morgan fingerprint density at radius 3 is 1.76 bits per heavy atom. The Balaban J connectivity index is 3.24. The zero-order valence-electron chi connectivity index (χ0n) is 25.8. The first-order valence-corrected chi connectivity index (χ1v) is 14.0. The van der Waals surface area contributed by atoms with Crippen molar-refractivity contribution in [2.45, 2.75) is 117 Å². The summed E-state index contributed by atoms with van der Waals surface area (Å²) in [6.45, 7) is 27.0. The van der Waals surface area contributed by atoms with Crippen molar-refractivity contribution in [3.8, 4) is 11.5 Å². The lowest BCUT2D eigenvalue weighted by Gasteiger charge is -2.53. The second kappa shape index (κ2) is 10.4. The molecule has 4 nitrogen and oxygen atoms in total. The number of rotatable bonds is 5. The lowest BCUT2D eigenvalue weighted by molar-refractivity contribution is -0.159. The van der Waals surface area contributed by atoms with Crippen molar-refractivity contribution in [2.75, 3.05) is 6.61 Å². The minimum atomic E-state index is -1.18. The zero-order valence-corrected chi connectivity index (χ0v) is 26.7. The summed E-state index contributed by atoms with van der Waals surface area (Å²) >= 11 is 5.04. The SMILES string of the molecule is CCOC(=O)C(c1ccc(O)c(C(C)(C)C)c1S)(C(c1ccc(O)c(C(C)(C)C)c1)C(C)(C)C)C(C)(C)C. The molecule has 0 saturated carbocycles. The Hall–Kier alpha value is -2.14. The third kappa shape index (κ3) is 5.73. The van der Waals surface area contributed by atoms with Gasteiger partial charge < -0.3 is 14.9 Å². The molecule has 0 fully saturated rings. The van der Waals surface area contributed by atoms with E-state index in [2.05, 4.69) is 62.3 Å². The van der Waals surface area contributed by atoms with Gasteiger partial charge in [-0.25, -0.2) is 0 Å². The summed E-state index contributed by atoms with van der Waals surface area (Å²) in [7, 11) is 0. The molecule has 0 amide bonds. The fourth-order valence-electron chi connectivity index (χ4n) is 6.14. The summed E-state index contributed by atoms with van der Waals surface area (Å²) in [5.74, 6) is -0.288. The van der Waals surface area contributed by atoms with E-state index in [0.29, 0.717) is 10.5 Å². The number of esters is 1. The second-order valence-electron chi connectivity index (χ2n) is 14.7. The van der Waals surface area contributed by atoms with E-state index in [9.17, 15) is 15.0 Å². The van der Waals surface area contributed by atoms with E-state index >= 15 is 0 Å². The monoisotopic (exact) mass is 542 g/mol. The van der Waals surface area contributed by atoms with Crippen molar-refractivity contribution < 1.29 is 19.7 Å². The van der Waals surface area contributed by atoms with Crippen LogP contribution in [-0.2, 0) is 25.8 Å². The number of carbonyl (C=O) groups is 1. The smallest absolute Gasteiger partial charge is 0.317 e. The third-order valence-corrected chi connectivity index (χ3v) is 8.04. The molecule has 0 radical (unpaired) electrons. The van der Waals surface area contributed by atoms with Crippen LogP contribution in [0.5, 0.6) is 11.5 Å². The summed E-state index contributed by atoms with van der Waals surface area (Å²) < 4.78 is 5.93. The number of hydrogen-bond donors (Lipinski definition) is 3. The Kier molecular flexibility index (Phi) is 8.82. The number of phenols is 2. The van der Waals surface area contributed by atoms with E-state index < -0.39 is 21.7 Å². The zero-order chi connectivity index (χ0) is 29.6. The maximum atomic E-state index is 14.6. The molecular weight excluding hydrogens is 492 g/mol. The predicted octanol–water partition coefficient (Wildman–Crippen LogP) is 8.66. The molecule has 0 aromatic heterocycles. The van der Waals surface area contributed by atoms with Gasteiger partial charge in [-0.15, -0.1) is 12.6 Å². The quantitative estimate of drug-likeness (QED) is 0.261. The maximum absolute atomic E-state index is 14.6. The molecule has 38 heavy (non-hydrogen) atoms. The molecule has 0 bridgehead atoms. The molecule has 2 N–H and O–H groups in total. The van der Waals surface area contributed by atoms with Crippen LogP contribution in [0.25, 0.3) is 0 Å². The summed E-state index contributed by atoms with van der Waals surface area (Å²) in [5, 5.41) is 21.7. The fraction of sp³-hybridized carbons (Fsp3) is 0.606. The highest BCUT2D eigenvalue weighted by Crippen LogP contribution is 2.60. The fourth-order valence-corrected chi connectivity index (χ4v) is 6.84. The topological polar surface area (TPSA) is 66.8 Å². The van der Waals surface area contributed by atoms with Gasteiger partial charge in [-0.1, -0.05) is 101 Å². The van der Waals surface area contributed by atoms with E-state index in [1.807, 2.05) is 45.9 Å². The lowest BCUT2D eigenvalue weighted by atomic mass is 9.49. The van der Waals surface area contributed by atoms with Gasteiger partial charge >= 0.3 is 5.97 Å². The van der Waals surface area contributed by atoms with E-state index in [4.69, 9.17) is 17.4 Å². The van der Waals surface area contributed by atoms with Crippen molar-refractivity contribution >= 4 is 18.6 Å². The Morgan fingerprint density at radius 2 is 1.34 bits per heavy atom. The van der Waals surface area contributed by atoms with Gasteiger partial charge in [-0.05, 0) is 57.4 Å². The maximum Gasteiger partial charge on any atom is 0.317 e. The molecule has 2 rings (SSSR count). The highest BCUT2D eigenvalue weighted by molar-refractivity contribution is 7.80. The van der Waals surface area contributed by atoms with Crippen LogP contribution in [0.2, 0.25) is 0 Å². The molecule has 0 aliphatic rings. The Morgan fingerprint density at radius 1 is 0.816 bits per heavy atom. The lowest BCUT2D eigenvalue weighted by Crippen LogP contribution is -2.56. The number of hydrogen-bond acceptors (Lipinski definition) is 5. The van der Waals surface area contributed by atoms with Crippen LogP contribution in [0.15, 0.2) is 35.2 Å². The number of phenolic OH excluding ortho intramolecular Hbond substituents is 2. The number of benzene rings is 2. The van der Waals surface area contributed by atoms with Crippen LogP contribution in [0.1, 0.15) is 118 Å². The van der Waals surface area contributed by atoms with Gasteiger partial charge in [0.25, 0.3) is 0 Å². The van der Waals surface area contributed by atoms with Crippen LogP contribution in [0.3, 0.4) is 0 Å². The summed E-state index contributed by atoms with van der Waals surface area (Å²) in [4.78, 5) is 15.2. The first-order chi connectivity index (χ1) is 17.0. The first kappa shape index (κ1) is 32.1. The number of aromatic hydroxyl groups is 2. The minimum Gasteiger partial charge on any atom is -0.508 e. The van der Waals surface area contributed by atoms with Crippen molar-refractivity contribution in [3.63, 3.8) is 0 Å². The van der Waals surface area contributed by atoms with Crippen molar-refractivity contribution in [3.05, 3.63) is 52.6 Å². The average Bonchev–Trinajstić information content (AvgIpc) is 2.69. The normalized spacial score (nSPS) is 15.6. The van der Waals surface area contributed by atoms with Gasteiger partial charge in [0.1, 0.15) is 16.9 Å². The minimum absolute atomic E-state index is 0.157. The molecule has 2 atom stereocenters. The number of thiol groups is 1. The van der Waals surface area contributed by atoms with Gasteiger partial charge in [0.2, 0.25) is 0 Å². The van der Waals surface area contributed by atoms with Crippen LogP contribution in [-0.4, -0.2) is 22.8 Å². The van der Waals surface area contributed by atoms with Gasteiger partial charge in [0.05, 0.1) is 6.61 Å². The molecule has 0 spiro atoms. The number of ether oxygens (including phenoxy) is 1. The van der Waals surface area contributed by atoms with Crippen LogP contribution in [0, 0.1) is 10.8 Å². The van der Waals surface area contributed by atoms with Crippen LogP contribution >= 0.6 is 12.6 Å². The average molecular weight is 543 g/mol. The molecule has 0 aliphatic carbocycles. The highest BCUT2D eigenvalue weighted by atomic mass is 32.1. The van der Waals surface area contributed by atoms with Crippen LogP contribution in [0.4, 0.5) is 0 Å². The molecule has 212 valence electrons. The molecule has 0 aliphatic heterocycles. The second-order valence-corrected chi connectivity index (χ2v) is 15.2. The molecule has 5 heteroatoms. The van der Waals surface area contributed by atoms with E-state index in [0.717, 1.165) is 16.7 Å². The van der Waals surface area contributed by atoms with Gasteiger partial charge in [-0.3, -0.25) is 4.79 Å². The first-order valence-electron chi connectivity index (χ1n) is 13.6. The molecule has 0 heterocycles. The summed E-state index contributed by atoms with van der Waals surface area (Å²) in [5.41, 5.74) is 0.272. The van der Waals surface area contributed by atoms with Gasteiger partial charge in [0.15, 0.2) is 0 Å². The standard InChI is InChI=1S/C33H50O4S/c1-14-37-28(36)33(32(11,12)13,21-16-18-24(35)25(26(21)38)30(5,6)7)27(31(8,9)10)20-15-17-23(34)22(19-20)29(2,3)4/h15-19,27,34-35,38H,14H2,1-13H3. The van der Waals surface area contributed by atoms with E-state index in [1.165, 1.54) is 0 Å². The van der Waals surface area contributed by atoms with Crippen molar-refractivity contribution in [1.82, 2.24) is 0 Å². The van der Waals surface area contributed by atoms with Gasteiger partial charge in [0, 0.05) is 16.4 Å². The molecule has 2 aromatic carbocycles. The van der Waals surface area contributed by atoms with Crippen molar-refractivity contribution in [2.24, 2.45) is 10.8 Å². The molecular formula is C33H50O4S. The van der Waals surface area contributed by atoms with Gasteiger partial charge in [-0.2, -0.15) is 0 Å². The predicted molar refractivity (Wildman–Crippen MR) is 161 cm³/mol. The summed E-state index contributed by atoms with van der Waals surface area (Å²) in [6.07, 6.45) is 0. The number of carbonyl (C=O) groups excluding carboxylic acids is 1. The molecule has 2 aromatic rings. The third-order valence-electron chi connectivity index (χ3n) is 7.57. The Labute approximate surface area is 236 Å².